The Bertz CT molecular complexity index is 1160. The lowest BCUT2D eigenvalue weighted by molar-refractivity contribution is -0.695. The van der Waals surface area contributed by atoms with E-state index in [0.29, 0.717) is 21.8 Å². The van der Waals surface area contributed by atoms with Crippen LogP contribution in [0.3, 0.4) is 0 Å². The molecule has 1 saturated heterocycles. The van der Waals surface area contributed by atoms with E-state index >= 15 is 0 Å². The van der Waals surface area contributed by atoms with Crippen LogP contribution in [0.25, 0.3) is 5.65 Å². The number of nitrogens with two attached hydrogens (primary N) is 1. The van der Waals surface area contributed by atoms with Crippen molar-refractivity contribution in [2.75, 3.05) is 13.2 Å². The van der Waals surface area contributed by atoms with Crippen LogP contribution >= 0.6 is 11.6 Å². The van der Waals surface area contributed by atoms with Crippen LogP contribution < -0.4 is 15.4 Å². The summed E-state index contributed by atoms with van der Waals surface area (Å²) in [5.41, 5.74) is 0.159. The Hall–Kier alpha value is -2.63. The van der Waals surface area contributed by atoms with Crippen LogP contribution in [0, 0.1) is 5.82 Å². The maximum absolute atomic E-state index is 13.5. The summed E-state index contributed by atoms with van der Waals surface area (Å²) < 4.78 is 59.2. The highest BCUT2D eigenvalue weighted by Crippen LogP contribution is 2.30. The molecular weight excluding hydrogens is 480 g/mol. The smallest absolute Gasteiger partial charge is 0.416 e. The molecule has 33 heavy (non-hydrogen) atoms. The second kappa shape index (κ2) is 9.70. The van der Waals surface area contributed by atoms with Gasteiger partial charge in [0.05, 0.1) is 32.3 Å². The summed E-state index contributed by atoms with van der Waals surface area (Å²) in [5.74, 6) is -0.730. The number of alkyl halides is 3. The van der Waals surface area contributed by atoms with E-state index in [-0.39, 0.29) is 40.6 Å². The zero-order valence-corrected chi connectivity index (χ0v) is 19.0. The lowest BCUT2D eigenvalue weighted by Gasteiger charge is -2.15. The summed E-state index contributed by atoms with van der Waals surface area (Å²) in [5, 5.41) is 4.95. The van der Waals surface area contributed by atoms with Crippen molar-refractivity contribution in [3.63, 3.8) is 0 Å². The molecule has 1 fully saturated rings. The molecule has 4 rings (SSSR count). The lowest BCUT2D eigenvalue weighted by atomic mass is 10.1. The number of amides is 1. The van der Waals surface area contributed by atoms with Crippen LogP contribution in [-0.4, -0.2) is 43.6 Å². The summed E-state index contributed by atoms with van der Waals surface area (Å²) in [6, 6.07) is 6.86. The van der Waals surface area contributed by atoms with Crippen molar-refractivity contribution in [1.82, 2.24) is 14.7 Å². The number of rotatable bonds is 5. The molecule has 3 heterocycles. The van der Waals surface area contributed by atoms with Gasteiger partial charge in [0.1, 0.15) is 28.9 Å². The number of carbonyl (C=O) groups is 1. The number of fused-ring (bicyclic) bond motifs is 1. The highest BCUT2D eigenvalue weighted by Gasteiger charge is 2.31. The first kappa shape index (κ1) is 23.5. The SMILES string of the molecule is O=C(COc1ccc(Cl)c(F)c1)NC1C[NH2+]C(c2cn3ccc(C(F)(F)F)cc3n2)CC[Si]1. The zero-order chi connectivity index (χ0) is 23.6. The number of pyridine rings is 1. The van der Waals surface area contributed by atoms with Gasteiger partial charge in [0.25, 0.3) is 5.91 Å². The number of imidazole rings is 1. The molecule has 12 heteroatoms. The molecule has 0 spiro atoms. The van der Waals surface area contributed by atoms with E-state index in [1.807, 2.05) is 5.32 Å². The average molecular weight is 500 g/mol. The van der Waals surface area contributed by atoms with Crippen LogP contribution in [0.5, 0.6) is 5.75 Å². The summed E-state index contributed by atoms with van der Waals surface area (Å²) in [6.45, 7) is 0.353. The predicted octanol–water partition coefficient (Wildman–Crippen LogP) is 2.80. The first-order valence-corrected chi connectivity index (χ1v) is 11.8. The maximum Gasteiger partial charge on any atom is 0.416 e. The zero-order valence-electron chi connectivity index (χ0n) is 17.2. The van der Waals surface area contributed by atoms with Gasteiger partial charge in [-0.05, 0) is 24.3 Å². The topological polar surface area (TPSA) is 72.2 Å². The largest absolute Gasteiger partial charge is 0.484 e. The minimum atomic E-state index is -4.42. The van der Waals surface area contributed by atoms with Crippen molar-refractivity contribution in [2.24, 2.45) is 0 Å². The lowest BCUT2D eigenvalue weighted by Crippen LogP contribution is -2.87. The van der Waals surface area contributed by atoms with Gasteiger partial charge < -0.3 is 19.8 Å². The quantitative estimate of drug-likeness (QED) is 0.419. The van der Waals surface area contributed by atoms with E-state index in [0.717, 1.165) is 30.7 Å². The maximum atomic E-state index is 13.5. The Balaban J connectivity index is 1.32. The van der Waals surface area contributed by atoms with Crippen LogP contribution in [0.1, 0.15) is 23.7 Å². The highest BCUT2D eigenvalue weighted by atomic mass is 35.5. The van der Waals surface area contributed by atoms with Crippen LogP contribution in [0.2, 0.25) is 11.1 Å². The first-order chi connectivity index (χ1) is 15.7. The standard InChI is InChI=1S/C21H19ClF4N4O2Si/c22-14-2-1-13(8-15(14)23)32-11-19(31)29-20-9-27-16(4-6-33-20)17-10-30-5-3-12(21(24,25)26)7-18(30)28-17/h1-3,5,7-8,10,16,20,27H,4,6,9,11H2,(H,29,31)/p+1. The van der Waals surface area contributed by atoms with E-state index in [1.54, 1.807) is 10.6 Å². The summed E-state index contributed by atoms with van der Waals surface area (Å²) in [6.07, 6.45) is -0.512. The van der Waals surface area contributed by atoms with E-state index in [4.69, 9.17) is 16.3 Å². The van der Waals surface area contributed by atoms with Crippen molar-refractivity contribution in [3.05, 3.63) is 64.8 Å². The Morgan fingerprint density at radius 3 is 2.91 bits per heavy atom. The van der Waals surface area contributed by atoms with Crippen molar-refractivity contribution < 1.29 is 32.4 Å². The molecule has 0 saturated carbocycles. The number of nitrogens with one attached hydrogen (secondary N) is 1. The predicted molar refractivity (Wildman–Crippen MR) is 114 cm³/mol. The summed E-state index contributed by atoms with van der Waals surface area (Å²) in [7, 11) is 0.477. The number of halogens is 5. The van der Waals surface area contributed by atoms with Gasteiger partial charge in [0.15, 0.2) is 6.61 Å². The van der Waals surface area contributed by atoms with Gasteiger partial charge in [-0.2, -0.15) is 13.2 Å². The third-order valence-electron chi connectivity index (χ3n) is 5.28. The molecule has 1 aromatic carbocycles. The Morgan fingerprint density at radius 2 is 2.15 bits per heavy atom. The van der Waals surface area contributed by atoms with Crippen molar-refractivity contribution in [2.45, 2.75) is 30.3 Å². The number of benzene rings is 1. The number of ether oxygens (including phenoxy) is 1. The number of nitrogens with zero attached hydrogens (tertiary/aromatic N) is 2. The van der Waals surface area contributed by atoms with Gasteiger partial charge in [-0.1, -0.05) is 17.6 Å². The normalized spacial score (nSPS) is 19.3. The molecule has 1 aliphatic rings. The highest BCUT2D eigenvalue weighted by molar-refractivity contribution is 6.38. The fourth-order valence-corrected chi connectivity index (χ4v) is 5.11. The van der Waals surface area contributed by atoms with E-state index < -0.39 is 17.6 Å². The molecule has 2 unspecified atom stereocenters. The summed E-state index contributed by atoms with van der Waals surface area (Å²) in [4.78, 5) is 16.7. The number of quaternary nitrogens is 1. The Labute approximate surface area is 194 Å². The van der Waals surface area contributed by atoms with Gasteiger partial charge in [-0.15, -0.1) is 0 Å². The second-order valence-electron chi connectivity index (χ2n) is 7.65. The third kappa shape index (κ3) is 5.84. The molecule has 3 N–H and O–H groups in total. The van der Waals surface area contributed by atoms with Crippen LogP contribution in [-0.2, 0) is 11.0 Å². The molecule has 174 valence electrons. The number of carbonyl (C=O) groups excluding carboxylic acids is 1. The van der Waals surface area contributed by atoms with E-state index in [2.05, 4.69) is 10.3 Å². The van der Waals surface area contributed by atoms with Crippen molar-refractivity contribution >= 4 is 32.7 Å². The molecular formula is C21H20ClF4N4O2Si+. The number of hydrogen-bond donors (Lipinski definition) is 2. The minimum Gasteiger partial charge on any atom is -0.484 e. The molecule has 2 radical (unpaired) electrons. The number of aromatic nitrogens is 2. The third-order valence-corrected chi connectivity index (χ3v) is 7.04. The van der Waals surface area contributed by atoms with Crippen LogP contribution in [0.15, 0.2) is 42.7 Å². The van der Waals surface area contributed by atoms with Gasteiger partial charge >= 0.3 is 6.18 Å². The van der Waals surface area contributed by atoms with Crippen molar-refractivity contribution in [3.8, 4) is 5.75 Å². The van der Waals surface area contributed by atoms with Gasteiger partial charge in [0, 0.05) is 24.9 Å². The molecule has 1 aliphatic heterocycles. The molecule has 0 aliphatic carbocycles. The Kier molecular flexibility index (Phi) is 6.91. The van der Waals surface area contributed by atoms with E-state index in [9.17, 15) is 22.4 Å². The van der Waals surface area contributed by atoms with Crippen LogP contribution in [0.4, 0.5) is 17.6 Å². The van der Waals surface area contributed by atoms with Crippen molar-refractivity contribution in [1.29, 1.82) is 0 Å². The van der Waals surface area contributed by atoms with Gasteiger partial charge in [-0.3, -0.25) is 4.79 Å². The molecule has 0 bridgehead atoms. The molecule has 3 aromatic rings. The molecule has 2 aromatic heterocycles. The average Bonchev–Trinajstić information content (AvgIpc) is 3.05. The second-order valence-corrected chi connectivity index (χ2v) is 9.66. The van der Waals surface area contributed by atoms with Gasteiger partial charge in [0.2, 0.25) is 0 Å². The van der Waals surface area contributed by atoms with E-state index in [1.165, 1.54) is 18.3 Å². The molecule has 2 atom stereocenters. The first-order valence-electron chi connectivity index (χ1n) is 10.2. The van der Waals surface area contributed by atoms with Gasteiger partial charge in [-0.25, -0.2) is 9.37 Å². The monoisotopic (exact) mass is 499 g/mol. The minimum absolute atomic E-state index is 0.0121. The number of hydrogen-bond acceptors (Lipinski definition) is 3. The fraction of sp³-hybridized carbons (Fsp3) is 0.333. The molecule has 1 amide bonds. The summed E-state index contributed by atoms with van der Waals surface area (Å²) >= 11 is 5.63. The Morgan fingerprint density at radius 1 is 1.33 bits per heavy atom. The fourth-order valence-electron chi connectivity index (χ4n) is 3.60. The molecule has 6 nitrogen and oxygen atoms in total.